The largest absolute Gasteiger partial charge is 0.456 e. The minimum atomic E-state index is -0.444. The molecule has 2 aromatic rings. The van der Waals surface area contributed by atoms with Crippen LogP contribution in [0.4, 0.5) is 0 Å². The molecule has 7 nitrogen and oxygen atoms in total. The zero-order chi connectivity index (χ0) is 15.9. The van der Waals surface area contributed by atoms with E-state index in [1.165, 1.54) is 0 Å². The Balaban J connectivity index is 1.71. The summed E-state index contributed by atoms with van der Waals surface area (Å²) < 4.78 is 9.79. The SMILES string of the molecule is Cc1noc(COC(=O)CCNC(=O)c2ccccc2C)n1. The van der Waals surface area contributed by atoms with Gasteiger partial charge in [-0.05, 0) is 25.5 Å². The standard InChI is InChI=1S/C15H17N3O4/c1-10-5-3-4-6-12(10)15(20)16-8-7-14(19)21-9-13-17-11(2)18-22-13/h3-6H,7-9H2,1-2H3,(H,16,20). The van der Waals surface area contributed by atoms with Gasteiger partial charge in [-0.1, -0.05) is 23.4 Å². The Bertz CT molecular complexity index is 666. The molecule has 0 fully saturated rings. The molecule has 1 aromatic heterocycles. The lowest BCUT2D eigenvalue weighted by atomic mass is 10.1. The molecule has 1 N–H and O–H groups in total. The van der Waals surface area contributed by atoms with Crippen LogP contribution in [0, 0.1) is 13.8 Å². The molecule has 7 heteroatoms. The number of hydrogen-bond acceptors (Lipinski definition) is 6. The molecule has 0 aliphatic rings. The highest BCUT2D eigenvalue weighted by Gasteiger charge is 2.10. The summed E-state index contributed by atoms with van der Waals surface area (Å²) >= 11 is 0. The lowest BCUT2D eigenvalue weighted by Crippen LogP contribution is -2.27. The van der Waals surface area contributed by atoms with Gasteiger partial charge >= 0.3 is 5.97 Å². The van der Waals surface area contributed by atoms with E-state index in [4.69, 9.17) is 9.26 Å². The van der Waals surface area contributed by atoms with Crippen molar-refractivity contribution in [3.63, 3.8) is 0 Å². The summed E-state index contributed by atoms with van der Waals surface area (Å²) in [5.74, 6) is 0.0747. The van der Waals surface area contributed by atoms with Gasteiger partial charge in [-0.3, -0.25) is 9.59 Å². The number of aryl methyl sites for hydroxylation is 2. The highest BCUT2D eigenvalue weighted by Crippen LogP contribution is 2.06. The van der Waals surface area contributed by atoms with Gasteiger partial charge in [0.2, 0.25) is 0 Å². The van der Waals surface area contributed by atoms with Crippen molar-refractivity contribution in [1.82, 2.24) is 15.5 Å². The fraction of sp³-hybridized carbons (Fsp3) is 0.333. The maximum atomic E-state index is 11.9. The summed E-state index contributed by atoms with van der Waals surface area (Å²) in [5, 5.41) is 6.27. The summed E-state index contributed by atoms with van der Waals surface area (Å²) in [5.41, 5.74) is 1.48. The number of hydrogen-bond donors (Lipinski definition) is 1. The first kappa shape index (κ1) is 15.7. The van der Waals surface area contributed by atoms with Gasteiger partial charge in [0.25, 0.3) is 11.8 Å². The van der Waals surface area contributed by atoms with Gasteiger partial charge in [0.05, 0.1) is 6.42 Å². The minimum Gasteiger partial charge on any atom is -0.456 e. The van der Waals surface area contributed by atoms with Crippen molar-refractivity contribution in [2.75, 3.05) is 6.54 Å². The molecule has 0 atom stereocenters. The monoisotopic (exact) mass is 303 g/mol. The molecule has 0 radical (unpaired) electrons. The number of carbonyl (C=O) groups is 2. The van der Waals surface area contributed by atoms with Gasteiger partial charge in [-0.25, -0.2) is 0 Å². The van der Waals surface area contributed by atoms with Gasteiger partial charge in [0.15, 0.2) is 12.4 Å². The molecule has 0 aliphatic heterocycles. The van der Waals surface area contributed by atoms with E-state index >= 15 is 0 Å². The van der Waals surface area contributed by atoms with Crippen LogP contribution < -0.4 is 5.32 Å². The van der Waals surface area contributed by atoms with Crippen molar-refractivity contribution in [3.05, 3.63) is 47.1 Å². The summed E-state index contributed by atoms with van der Waals surface area (Å²) in [6.07, 6.45) is 0.0741. The van der Waals surface area contributed by atoms with E-state index in [0.29, 0.717) is 11.4 Å². The summed E-state index contributed by atoms with van der Waals surface area (Å²) in [6, 6.07) is 7.25. The first-order valence-corrected chi connectivity index (χ1v) is 6.85. The van der Waals surface area contributed by atoms with Crippen LogP contribution in [0.3, 0.4) is 0 Å². The number of rotatable bonds is 6. The Hall–Kier alpha value is -2.70. The first-order chi connectivity index (χ1) is 10.6. The van der Waals surface area contributed by atoms with Crippen LogP contribution in [0.5, 0.6) is 0 Å². The Morgan fingerprint density at radius 1 is 1.27 bits per heavy atom. The smallest absolute Gasteiger partial charge is 0.308 e. The number of esters is 1. The molecular weight excluding hydrogens is 286 g/mol. The molecule has 1 amide bonds. The van der Waals surface area contributed by atoms with Gasteiger partial charge in [-0.15, -0.1) is 0 Å². The van der Waals surface area contributed by atoms with Crippen LogP contribution >= 0.6 is 0 Å². The molecule has 0 aliphatic carbocycles. The predicted octanol–water partition coefficient (Wildman–Crippen LogP) is 1.55. The molecule has 116 valence electrons. The second-order valence-corrected chi connectivity index (χ2v) is 4.72. The van der Waals surface area contributed by atoms with Crippen molar-refractivity contribution >= 4 is 11.9 Å². The zero-order valence-corrected chi connectivity index (χ0v) is 12.5. The first-order valence-electron chi connectivity index (χ1n) is 6.85. The summed E-state index contributed by atoms with van der Waals surface area (Å²) in [6.45, 7) is 3.67. The van der Waals surface area contributed by atoms with Crippen LogP contribution in [0.25, 0.3) is 0 Å². The lowest BCUT2D eigenvalue weighted by Gasteiger charge is -2.07. The van der Waals surface area contributed by atoms with Crippen molar-refractivity contribution in [2.45, 2.75) is 26.9 Å². The van der Waals surface area contributed by atoms with Crippen LogP contribution in [-0.4, -0.2) is 28.6 Å². The average Bonchev–Trinajstić information content (AvgIpc) is 2.91. The van der Waals surface area contributed by atoms with Crippen molar-refractivity contribution in [2.24, 2.45) is 0 Å². The lowest BCUT2D eigenvalue weighted by molar-refractivity contribution is -0.145. The van der Waals surface area contributed by atoms with E-state index < -0.39 is 5.97 Å². The van der Waals surface area contributed by atoms with Crippen LogP contribution in [-0.2, 0) is 16.1 Å². The second-order valence-electron chi connectivity index (χ2n) is 4.72. The average molecular weight is 303 g/mol. The quantitative estimate of drug-likeness (QED) is 0.814. The Morgan fingerprint density at radius 2 is 2.05 bits per heavy atom. The molecule has 0 bridgehead atoms. The molecule has 0 saturated carbocycles. The number of aromatic nitrogens is 2. The number of amides is 1. The Kier molecular flexibility index (Phi) is 5.24. The molecule has 0 saturated heterocycles. The molecule has 0 spiro atoms. The zero-order valence-electron chi connectivity index (χ0n) is 12.5. The maximum Gasteiger partial charge on any atom is 0.308 e. The highest BCUT2D eigenvalue weighted by atomic mass is 16.6. The summed E-state index contributed by atoms with van der Waals surface area (Å²) in [7, 11) is 0. The normalized spacial score (nSPS) is 10.3. The third-order valence-corrected chi connectivity index (χ3v) is 2.93. The fourth-order valence-electron chi connectivity index (χ4n) is 1.81. The number of nitrogens with one attached hydrogen (secondary N) is 1. The Labute approximate surface area is 127 Å². The number of ether oxygens (including phenoxy) is 1. The van der Waals surface area contributed by atoms with Crippen LogP contribution in [0.2, 0.25) is 0 Å². The van der Waals surface area contributed by atoms with Crippen LogP contribution in [0.15, 0.2) is 28.8 Å². The van der Waals surface area contributed by atoms with Gasteiger partial charge in [0, 0.05) is 12.1 Å². The van der Waals surface area contributed by atoms with Crippen molar-refractivity contribution in [1.29, 1.82) is 0 Å². The number of nitrogens with zero attached hydrogens (tertiary/aromatic N) is 2. The van der Waals surface area contributed by atoms with E-state index in [1.54, 1.807) is 19.1 Å². The van der Waals surface area contributed by atoms with Crippen molar-refractivity contribution < 1.29 is 18.8 Å². The molecule has 22 heavy (non-hydrogen) atoms. The van der Waals surface area contributed by atoms with E-state index in [2.05, 4.69) is 15.5 Å². The summed E-state index contributed by atoms with van der Waals surface area (Å²) in [4.78, 5) is 27.4. The van der Waals surface area contributed by atoms with E-state index in [-0.39, 0.29) is 31.4 Å². The molecule has 2 rings (SSSR count). The topological polar surface area (TPSA) is 94.3 Å². The molecule has 0 unspecified atom stereocenters. The fourth-order valence-corrected chi connectivity index (χ4v) is 1.81. The third-order valence-electron chi connectivity index (χ3n) is 2.93. The third kappa shape index (κ3) is 4.41. The van der Waals surface area contributed by atoms with E-state index in [1.807, 2.05) is 19.1 Å². The highest BCUT2D eigenvalue weighted by molar-refractivity contribution is 5.95. The number of benzene rings is 1. The van der Waals surface area contributed by atoms with Gasteiger partial charge in [0.1, 0.15) is 0 Å². The predicted molar refractivity (Wildman–Crippen MR) is 77.0 cm³/mol. The van der Waals surface area contributed by atoms with Crippen molar-refractivity contribution in [3.8, 4) is 0 Å². The maximum absolute atomic E-state index is 11.9. The van der Waals surface area contributed by atoms with E-state index in [0.717, 1.165) is 5.56 Å². The minimum absolute atomic E-state index is 0.0641. The Morgan fingerprint density at radius 3 is 2.73 bits per heavy atom. The molecule has 1 aromatic carbocycles. The van der Waals surface area contributed by atoms with Gasteiger partial charge < -0.3 is 14.6 Å². The second kappa shape index (κ2) is 7.35. The van der Waals surface area contributed by atoms with E-state index in [9.17, 15) is 9.59 Å². The van der Waals surface area contributed by atoms with Crippen LogP contribution in [0.1, 0.15) is 34.1 Å². The molecule has 1 heterocycles. The number of carbonyl (C=O) groups excluding carboxylic acids is 2. The van der Waals surface area contributed by atoms with Gasteiger partial charge in [-0.2, -0.15) is 4.98 Å². The molecular formula is C15H17N3O4.